The summed E-state index contributed by atoms with van der Waals surface area (Å²) in [5, 5.41) is 16.7. The standard InChI is InChI=1S/C15H11Cl3N6/c1-9(20-21-15-13(17)6-11(16)7-14(15)18)10-3-2-4-12(5-10)24-8-19-22-23-24/h2-8,21H,1H3/b20-9-. The number of tetrazole rings is 1. The zero-order valence-electron chi connectivity index (χ0n) is 12.4. The Morgan fingerprint density at radius 1 is 1.12 bits per heavy atom. The Morgan fingerprint density at radius 2 is 1.88 bits per heavy atom. The summed E-state index contributed by atoms with van der Waals surface area (Å²) >= 11 is 18.2. The lowest BCUT2D eigenvalue weighted by Gasteiger charge is -2.09. The van der Waals surface area contributed by atoms with Crippen LogP contribution in [0.15, 0.2) is 47.8 Å². The minimum Gasteiger partial charge on any atom is -0.275 e. The van der Waals surface area contributed by atoms with Crippen LogP contribution in [0.5, 0.6) is 0 Å². The smallest absolute Gasteiger partial charge is 0.143 e. The largest absolute Gasteiger partial charge is 0.275 e. The Morgan fingerprint density at radius 3 is 2.54 bits per heavy atom. The molecule has 0 saturated heterocycles. The molecule has 9 heteroatoms. The second-order valence-electron chi connectivity index (χ2n) is 4.86. The lowest BCUT2D eigenvalue weighted by atomic mass is 10.1. The average Bonchev–Trinajstić information content (AvgIpc) is 3.08. The van der Waals surface area contributed by atoms with Crippen LogP contribution in [-0.2, 0) is 0 Å². The van der Waals surface area contributed by atoms with E-state index in [9.17, 15) is 0 Å². The van der Waals surface area contributed by atoms with Gasteiger partial charge in [0.05, 0.1) is 27.1 Å². The molecule has 0 atom stereocenters. The predicted octanol–water partition coefficient (Wildman–Crippen LogP) is 4.46. The summed E-state index contributed by atoms with van der Waals surface area (Å²) in [6.45, 7) is 1.86. The van der Waals surface area contributed by atoms with Gasteiger partial charge in [-0.3, -0.25) is 5.43 Å². The minimum atomic E-state index is 0.395. The molecular formula is C15H11Cl3N6. The van der Waals surface area contributed by atoms with Gasteiger partial charge in [-0.2, -0.15) is 5.10 Å². The van der Waals surface area contributed by atoms with Crippen molar-refractivity contribution in [1.29, 1.82) is 0 Å². The number of aromatic nitrogens is 4. The summed E-state index contributed by atoms with van der Waals surface area (Å²) in [6, 6.07) is 10.8. The van der Waals surface area contributed by atoms with E-state index in [4.69, 9.17) is 34.8 Å². The molecule has 0 spiro atoms. The van der Waals surface area contributed by atoms with Crippen molar-refractivity contribution >= 4 is 46.2 Å². The molecule has 3 aromatic rings. The molecule has 0 fully saturated rings. The van der Waals surface area contributed by atoms with E-state index in [1.54, 1.807) is 16.8 Å². The van der Waals surface area contributed by atoms with E-state index in [0.29, 0.717) is 20.8 Å². The van der Waals surface area contributed by atoms with Crippen LogP contribution < -0.4 is 5.43 Å². The van der Waals surface area contributed by atoms with Crippen LogP contribution in [0.1, 0.15) is 12.5 Å². The summed E-state index contributed by atoms with van der Waals surface area (Å²) in [5.74, 6) is 0. The first-order valence-electron chi connectivity index (χ1n) is 6.83. The highest BCUT2D eigenvalue weighted by Gasteiger charge is 2.08. The zero-order valence-corrected chi connectivity index (χ0v) is 14.7. The molecule has 24 heavy (non-hydrogen) atoms. The Balaban J connectivity index is 1.86. The Bertz CT molecular complexity index is 869. The van der Waals surface area contributed by atoms with Crippen molar-refractivity contribution in [3.63, 3.8) is 0 Å². The summed E-state index contributed by atoms with van der Waals surface area (Å²) in [6.07, 6.45) is 1.52. The van der Waals surface area contributed by atoms with Crippen molar-refractivity contribution < 1.29 is 0 Å². The summed E-state index contributed by atoms with van der Waals surface area (Å²) in [7, 11) is 0. The highest BCUT2D eigenvalue weighted by molar-refractivity contribution is 6.41. The molecule has 3 rings (SSSR count). The van der Waals surface area contributed by atoms with E-state index >= 15 is 0 Å². The molecule has 0 aliphatic carbocycles. The van der Waals surface area contributed by atoms with Gasteiger partial charge in [-0.05, 0) is 47.2 Å². The van der Waals surface area contributed by atoms with E-state index in [0.717, 1.165) is 17.0 Å². The SMILES string of the molecule is C/C(=N/Nc1c(Cl)cc(Cl)cc1Cl)c1cccc(-n2cnnn2)c1. The van der Waals surface area contributed by atoms with E-state index in [2.05, 4.69) is 26.1 Å². The topological polar surface area (TPSA) is 68.0 Å². The molecule has 1 N–H and O–H groups in total. The van der Waals surface area contributed by atoms with Gasteiger partial charge in [0.2, 0.25) is 0 Å². The molecule has 6 nitrogen and oxygen atoms in total. The average molecular weight is 382 g/mol. The maximum absolute atomic E-state index is 6.13. The van der Waals surface area contributed by atoms with Gasteiger partial charge in [0, 0.05) is 5.02 Å². The quantitative estimate of drug-likeness (QED) is 0.535. The lowest BCUT2D eigenvalue weighted by Crippen LogP contribution is -2.02. The first-order valence-corrected chi connectivity index (χ1v) is 7.96. The fourth-order valence-corrected chi connectivity index (χ4v) is 2.91. The Hall–Kier alpha value is -2.15. The van der Waals surface area contributed by atoms with Crippen LogP contribution in [0.4, 0.5) is 5.69 Å². The van der Waals surface area contributed by atoms with Gasteiger partial charge in [0.1, 0.15) is 6.33 Å². The van der Waals surface area contributed by atoms with Gasteiger partial charge in [-0.15, -0.1) is 5.10 Å². The van der Waals surface area contributed by atoms with Gasteiger partial charge >= 0.3 is 0 Å². The van der Waals surface area contributed by atoms with E-state index in [1.165, 1.54) is 6.33 Å². The third kappa shape index (κ3) is 3.67. The number of hydrogen-bond acceptors (Lipinski definition) is 5. The number of anilines is 1. The molecule has 1 aromatic heterocycles. The normalized spacial score (nSPS) is 11.6. The molecule has 0 bridgehead atoms. The highest BCUT2D eigenvalue weighted by Crippen LogP contribution is 2.33. The number of hydrazone groups is 1. The van der Waals surface area contributed by atoms with Crippen molar-refractivity contribution in [3.05, 3.63) is 63.4 Å². The second-order valence-corrected chi connectivity index (χ2v) is 6.11. The van der Waals surface area contributed by atoms with Crippen molar-refractivity contribution in [1.82, 2.24) is 20.2 Å². The lowest BCUT2D eigenvalue weighted by molar-refractivity contribution is 0.789. The molecule has 0 amide bonds. The highest BCUT2D eigenvalue weighted by atomic mass is 35.5. The van der Waals surface area contributed by atoms with E-state index < -0.39 is 0 Å². The third-order valence-electron chi connectivity index (χ3n) is 3.22. The van der Waals surface area contributed by atoms with E-state index in [-0.39, 0.29) is 0 Å². The Labute approximate surface area is 153 Å². The number of rotatable bonds is 4. The van der Waals surface area contributed by atoms with Crippen LogP contribution in [-0.4, -0.2) is 25.9 Å². The molecule has 122 valence electrons. The van der Waals surface area contributed by atoms with Crippen molar-refractivity contribution in [2.45, 2.75) is 6.92 Å². The second kappa shape index (κ2) is 7.17. The molecule has 0 radical (unpaired) electrons. The van der Waals surface area contributed by atoms with Crippen LogP contribution in [0.25, 0.3) is 5.69 Å². The van der Waals surface area contributed by atoms with Crippen molar-refractivity contribution in [3.8, 4) is 5.69 Å². The van der Waals surface area contributed by atoms with Crippen LogP contribution in [0.2, 0.25) is 15.1 Å². The predicted molar refractivity (Wildman–Crippen MR) is 96.5 cm³/mol. The summed E-state index contributed by atoms with van der Waals surface area (Å²) in [4.78, 5) is 0. The fourth-order valence-electron chi connectivity index (χ4n) is 2.01. The molecule has 0 aliphatic heterocycles. The molecule has 2 aromatic carbocycles. The molecular weight excluding hydrogens is 371 g/mol. The van der Waals surface area contributed by atoms with Crippen LogP contribution in [0, 0.1) is 0 Å². The van der Waals surface area contributed by atoms with Crippen molar-refractivity contribution in [2.75, 3.05) is 5.43 Å². The molecule has 0 saturated carbocycles. The summed E-state index contributed by atoms with van der Waals surface area (Å²) in [5.41, 5.74) is 5.85. The monoisotopic (exact) mass is 380 g/mol. The first-order chi connectivity index (χ1) is 11.5. The minimum absolute atomic E-state index is 0.395. The van der Waals surface area contributed by atoms with Gasteiger partial charge in [0.15, 0.2) is 0 Å². The fraction of sp³-hybridized carbons (Fsp3) is 0.0667. The van der Waals surface area contributed by atoms with Gasteiger partial charge in [-0.25, -0.2) is 4.68 Å². The van der Waals surface area contributed by atoms with Crippen LogP contribution >= 0.6 is 34.8 Å². The maximum atomic E-state index is 6.13. The molecule has 0 aliphatic rings. The van der Waals surface area contributed by atoms with Crippen LogP contribution in [0.3, 0.4) is 0 Å². The molecule has 0 unspecified atom stereocenters. The zero-order chi connectivity index (χ0) is 17.1. The van der Waals surface area contributed by atoms with E-state index in [1.807, 2.05) is 31.2 Å². The van der Waals surface area contributed by atoms with Gasteiger partial charge in [0.25, 0.3) is 0 Å². The maximum Gasteiger partial charge on any atom is 0.143 e. The number of nitrogens with zero attached hydrogens (tertiary/aromatic N) is 5. The summed E-state index contributed by atoms with van der Waals surface area (Å²) < 4.78 is 1.57. The van der Waals surface area contributed by atoms with Gasteiger partial charge in [-0.1, -0.05) is 46.9 Å². The first kappa shape index (κ1) is 16.7. The third-order valence-corrected chi connectivity index (χ3v) is 4.03. The number of benzene rings is 2. The number of hydrogen-bond donors (Lipinski definition) is 1. The van der Waals surface area contributed by atoms with Gasteiger partial charge < -0.3 is 0 Å². The number of halogens is 3. The number of nitrogens with one attached hydrogen (secondary N) is 1. The van der Waals surface area contributed by atoms with Crippen molar-refractivity contribution in [2.24, 2.45) is 5.10 Å². The molecule has 1 heterocycles. The Kier molecular flexibility index (Phi) is 4.99.